The number of hydrogen-bond donors (Lipinski definition) is 1. The van der Waals surface area contributed by atoms with Gasteiger partial charge in [0.25, 0.3) is 15.9 Å². The van der Waals surface area contributed by atoms with Crippen LogP contribution in [0.25, 0.3) is 0 Å². The first-order valence-electron chi connectivity index (χ1n) is 11.8. The van der Waals surface area contributed by atoms with E-state index in [4.69, 9.17) is 0 Å². The van der Waals surface area contributed by atoms with E-state index in [1.54, 1.807) is 7.05 Å². The van der Waals surface area contributed by atoms with Crippen molar-refractivity contribution in [2.24, 2.45) is 7.05 Å². The van der Waals surface area contributed by atoms with Gasteiger partial charge in [-0.2, -0.15) is 13.1 Å². The second-order valence-electron chi connectivity index (χ2n) is 9.41. The number of aryl methyl sites for hydroxylation is 1. The number of benzene rings is 1. The zero-order valence-corrected chi connectivity index (χ0v) is 21.1. The van der Waals surface area contributed by atoms with E-state index in [1.165, 1.54) is 45.7 Å². The van der Waals surface area contributed by atoms with Crippen LogP contribution in [0.4, 0.5) is 17.6 Å². The van der Waals surface area contributed by atoms with E-state index < -0.39 is 34.0 Å². The summed E-state index contributed by atoms with van der Waals surface area (Å²) < 4.78 is 86.8. The number of hydrogen-bond acceptors (Lipinski definition) is 6. The van der Waals surface area contributed by atoms with Gasteiger partial charge in [0.05, 0.1) is 11.9 Å². The number of para-hydroxylation sites is 1. The molecule has 0 atom stereocenters. The van der Waals surface area contributed by atoms with Gasteiger partial charge in [0.2, 0.25) is 5.92 Å². The van der Waals surface area contributed by atoms with Crippen molar-refractivity contribution in [3.63, 3.8) is 0 Å². The minimum atomic E-state index is -3.80. The molecule has 1 aliphatic carbocycles. The average Bonchev–Trinajstić information content (AvgIpc) is 3.31. The van der Waals surface area contributed by atoms with Crippen molar-refractivity contribution in [2.45, 2.75) is 48.8 Å². The molecule has 2 aromatic rings. The normalized spacial score (nSPS) is 20.6. The molecule has 0 radical (unpaired) electrons. The Kier molecular flexibility index (Phi) is 7.81. The molecule has 1 aliphatic heterocycles. The van der Waals surface area contributed by atoms with Gasteiger partial charge < -0.3 is 14.6 Å². The Balaban J connectivity index is 1.48. The number of halogens is 4. The molecule has 4 rings (SSSR count). The summed E-state index contributed by atoms with van der Waals surface area (Å²) in [4.78, 5) is 18.8. The smallest absolute Gasteiger partial charge is 0.387 e. The summed E-state index contributed by atoms with van der Waals surface area (Å²) >= 11 is 0. The highest BCUT2D eigenvalue weighted by molar-refractivity contribution is 7.89. The van der Waals surface area contributed by atoms with Crippen LogP contribution in [0.5, 0.6) is 5.75 Å². The third-order valence-electron chi connectivity index (χ3n) is 7.03. The van der Waals surface area contributed by atoms with Crippen LogP contribution in [0.3, 0.4) is 0 Å². The van der Waals surface area contributed by atoms with Crippen LogP contribution in [0.15, 0.2) is 41.8 Å². The highest BCUT2D eigenvalue weighted by Crippen LogP contribution is 2.42. The fraction of sp³-hybridized carbons (Fsp3) is 0.565. The highest BCUT2D eigenvalue weighted by atomic mass is 32.2. The number of carbonyl (C=O) groups excluding carboxylic acids is 1. The molecule has 2 fully saturated rings. The third-order valence-corrected chi connectivity index (χ3v) is 8.82. The predicted octanol–water partition coefficient (Wildman–Crippen LogP) is 2.71. The number of imidazole rings is 1. The summed E-state index contributed by atoms with van der Waals surface area (Å²) in [5, 5.41) is 2.66. The first kappa shape index (κ1) is 27.3. The van der Waals surface area contributed by atoms with Gasteiger partial charge in [-0.15, -0.1) is 0 Å². The lowest BCUT2D eigenvalue weighted by Crippen LogP contribution is -2.63. The number of alkyl halides is 4. The molecule has 2 aliphatic rings. The largest absolute Gasteiger partial charge is 0.434 e. The number of aromatic nitrogens is 2. The topological polar surface area (TPSA) is 96.8 Å². The van der Waals surface area contributed by atoms with Gasteiger partial charge >= 0.3 is 6.61 Å². The zero-order valence-electron chi connectivity index (χ0n) is 20.2. The summed E-state index contributed by atoms with van der Waals surface area (Å²) in [6, 6.07) is 5.55. The quantitative estimate of drug-likeness (QED) is 0.511. The van der Waals surface area contributed by atoms with E-state index >= 15 is 0 Å². The molecular formula is C23H29F4N5O4S. The van der Waals surface area contributed by atoms with E-state index in [-0.39, 0.29) is 74.7 Å². The van der Waals surface area contributed by atoms with Crippen LogP contribution in [0.1, 0.15) is 36.0 Å². The van der Waals surface area contributed by atoms with Crippen molar-refractivity contribution >= 4 is 15.9 Å². The number of piperazine rings is 1. The summed E-state index contributed by atoms with van der Waals surface area (Å²) in [6.45, 7) is -2.29. The molecule has 0 bridgehead atoms. The van der Waals surface area contributed by atoms with Gasteiger partial charge in [0, 0.05) is 64.3 Å². The van der Waals surface area contributed by atoms with Crippen LogP contribution in [0.2, 0.25) is 0 Å². The van der Waals surface area contributed by atoms with E-state index in [0.717, 1.165) is 0 Å². The van der Waals surface area contributed by atoms with Gasteiger partial charge in [-0.05, 0) is 25.0 Å². The number of nitrogens with zero attached hydrogens (tertiary/aromatic N) is 4. The first-order valence-corrected chi connectivity index (χ1v) is 13.3. The summed E-state index contributed by atoms with van der Waals surface area (Å²) in [5.41, 5.74) is -0.929. The number of rotatable bonds is 8. The molecule has 1 aromatic heterocycles. The molecule has 0 spiro atoms. The standard InChI is InChI=1S/C23H29F4N5O4S/c1-30-14-19(29-16-30)37(34,35)32-12-10-31(11-13-32)22(6-8-23(26,27)9-7-22)15-28-20(33)17-4-2-3-5-18(17)36-21(24)25/h2-5,14,16,21H,6-13,15H2,1H3,(H,28,33). The molecule has 1 amide bonds. The van der Waals surface area contributed by atoms with Crippen LogP contribution < -0.4 is 10.1 Å². The molecule has 9 nitrogen and oxygen atoms in total. The maximum Gasteiger partial charge on any atom is 0.387 e. The van der Waals surface area contributed by atoms with Crippen molar-refractivity contribution in [3.8, 4) is 5.75 Å². The van der Waals surface area contributed by atoms with E-state index in [2.05, 4.69) is 15.0 Å². The van der Waals surface area contributed by atoms with Gasteiger partial charge in [-0.3, -0.25) is 9.69 Å². The van der Waals surface area contributed by atoms with E-state index in [0.29, 0.717) is 0 Å². The second-order valence-corrected chi connectivity index (χ2v) is 11.3. The molecule has 1 saturated carbocycles. The number of carbonyl (C=O) groups is 1. The maximum absolute atomic E-state index is 14.1. The Hall–Kier alpha value is -2.71. The van der Waals surface area contributed by atoms with Crippen molar-refractivity contribution in [2.75, 3.05) is 32.7 Å². The average molecular weight is 548 g/mol. The molecular weight excluding hydrogens is 518 g/mol. The molecule has 1 aromatic carbocycles. The Labute approximate surface area is 212 Å². The lowest BCUT2D eigenvalue weighted by molar-refractivity contribution is -0.0856. The second kappa shape index (κ2) is 10.6. The SMILES string of the molecule is Cn1cnc(S(=O)(=O)N2CCN(C3(CNC(=O)c4ccccc4OC(F)F)CCC(F)(F)CC3)CC2)c1. The summed E-state index contributed by atoms with van der Waals surface area (Å²) in [5.74, 6) is -3.77. The minimum Gasteiger partial charge on any atom is -0.434 e. The molecule has 14 heteroatoms. The summed E-state index contributed by atoms with van der Waals surface area (Å²) in [7, 11) is -2.13. The van der Waals surface area contributed by atoms with Crippen LogP contribution in [-0.4, -0.2) is 83.9 Å². The molecule has 2 heterocycles. The van der Waals surface area contributed by atoms with Crippen LogP contribution in [0, 0.1) is 0 Å². The number of sulfonamides is 1. The Morgan fingerprint density at radius 1 is 1.11 bits per heavy atom. The Morgan fingerprint density at radius 3 is 2.35 bits per heavy atom. The van der Waals surface area contributed by atoms with Crippen molar-refractivity contribution in [1.82, 2.24) is 24.1 Å². The Bertz CT molecular complexity index is 1210. The lowest BCUT2D eigenvalue weighted by atomic mass is 9.78. The van der Waals surface area contributed by atoms with Gasteiger partial charge in [0.1, 0.15) is 5.75 Å². The molecule has 37 heavy (non-hydrogen) atoms. The molecule has 204 valence electrons. The maximum atomic E-state index is 14.1. The number of amides is 1. The number of nitrogens with one attached hydrogen (secondary N) is 1. The monoisotopic (exact) mass is 547 g/mol. The van der Waals surface area contributed by atoms with E-state index in [1.807, 2.05) is 4.90 Å². The van der Waals surface area contributed by atoms with Gasteiger partial charge in [0.15, 0.2) is 5.03 Å². The van der Waals surface area contributed by atoms with E-state index in [9.17, 15) is 30.8 Å². The number of ether oxygens (including phenoxy) is 1. The zero-order chi connectivity index (χ0) is 26.8. The highest BCUT2D eigenvalue weighted by Gasteiger charge is 2.48. The third kappa shape index (κ3) is 6.07. The van der Waals surface area contributed by atoms with Crippen molar-refractivity contribution in [1.29, 1.82) is 0 Å². The van der Waals surface area contributed by atoms with Crippen LogP contribution in [-0.2, 0) is 17.1 Å². The van der Waals surface area contributed by atoms with Gasteiger partial charge in [-0.25, -0.2) is 22.2 Å². The minimum absolute atomic E-state index is 0.00207. The van der Waals surface area contributed by atoms with Gasteiger partial charge in [-0.1, -0.05) is 12.1 Å². The predicted molar refractivity (Wildman–Crippen MR) is 125 cm³/mol. The molecule has 1 saturated heterocycles. The molecule has 0 unspecified atom stereocenters. The molecule has 1 N–H and O–H groups in total. The van der Waals surface area contributed by atoms with Crippen LogP contribution >= 0.6 is 0 Å². The van der Waals surface area contributed by atoms with Crippen molar-refractivity contribution < 1.29 is 35.5 Å². The lowest BCUT2D eigenvalue weighted by Gasteiger charge is -2.50. The first-order chi connectivity index (χ1) is 17.4. The van der Waals surface area contributed by atoms with Crippen molar-refractivity contribution in [3.05, 3.63) is 42.4 Å². The fourth-order valence-corrected chi connectivity index (χ4v) is 6.32. The fourth-order valence-electron chi connectivity index (χ4n) is 4.94. The Morgan fingerprint density at radius 2 is 1.76 bits per heavy atom. The summed E-state index contributed by atoms with van der Waals surface area (Å²) in [6.07, 6.45) is 2.23.